The number of rotatable bonds is 6. The van der Waals surface area contributed by atoms with E-state index in [1.807, 2.05) is 0 Å². The van der Waals surface area contributed by atoms with Crippen LogP contribution in [-0.4, -0.2) is 55.0 Å². The average molecular weight is 237 g/mol. The third-order valence-corrected chi connectivity index (χ3v) is 4.34. The van der Waals surface area contributed by atoms with Crippen LogP contribution in [0.1, 0.15) is 20.8 Å². The molecule has 0 bridgehead atoms. The summed E-state index contributed by atoms with van der Waals surface area (Å²) in [6.45, 7) is 4.91. The zero-order valence-electron chi connectivity index (χ0n) is 9.65. The van der Waals surface area contributed by atoms with Crippen molar-refractivity contribution in [3.8, 4) is 0 Å². The van der Waals surface area contributed by atoms with Crippen LogP contribution in [-0.2, 0) is 14.6 Å². The van der Waals surface area contributed by atoms with Crippen molar-refractivity contribution in [2.75, 3.05) is 25.1 Å². The molecule has 0 aliphatic heterocycles. The molecule has 0 radical (unpaired) electrons. The van der Waals surface area contributed by atoms with E-state index in [2.05, 4.69) is 0 Å². The van der Waals surface area contributed by atoms with Gasteiger partial charge >= 0.3 is 5.97 Å². The lowest BCUT2D eigenvalue weighted by molar-refractivity contribution is -0.148. The van der Waals surface area contributed by atoms with Crippen molar-refractivity contribution >= 4 is 15.8 Å². The lowest BCUT2D eigenvalue weighted by Gasteiger charge is -2.31. The van der Waals surface area contributed by atoms with E-state index in [-0.39, 0.29) is 18.1 Å². The fraction of sp³-hybridized carbons (Fsp3) is 0.889. The second-order valence-corrected chi connectivity index (χ2v) is 6.49. The first-order valence-electron chi connectivity index (χ1n) is 4.78. The molecule has 0 aromatic carbocycles. The maximum Gasteiger partial charge on any atom is 0.323 e. The van der Waals surface area contributed by atoms with Crippen LogP contribution >= 0.6 is 0 Å². The third-order valence-electron chi connectivity index (χ3n) is 2.66. The molecule has 0 fully saturated rings. The van der Waals surface area contributed by atoms with E-state index < -0.39 is 21.3 Å². The molecule has 1 N–H and O–H groups in total. The molecule has 0 saturated heterocycles. The normalized spacial score (nSPS) is 13.1. The fourth-order valence-electron chi connectivity index (χ4n) is 0.863. The van der Waals surface area contributed by atoms with Gasteiger partial charge in [0.1, 0.15) is 5.54 Å². The Morgan fingerprint density at radius 3 is 2.20 bits per heavy atom. The number of sulfone groups is 1. The molecule has 0 aliphatic rings. The summed E-state index contributed by atoms with van der Waals surface area (Å²) in [5.74, 6) is -0.871. The Balaban J connectivity index is 4.40. The summed E-state index contributed by atoms with van der Waals surface area (Å²) in [5, 5.41) is 8.91. The maximum absolute atomic E-state index is 11.2. The predicted molar refractivity (Wildman–Crippen MR) is 58.7 cm³/mol. The Kier molecular flexibility index (Phi) is 4.73. The first kappa shape index (κ1) is 14.4. The van der Waals surface area contributed by atoms with Crippen molar-refractivity contribution in [3.63, 3.8) is 0 Å². The van der Waals surface area contributed by atoms with E-state index in [1.54, 1.807) is 27.8 Å². The number of aliphatic carboxylic acids is 1. The Hall–Kier alpha value is -0.620. The van der Waals surface area contributed by atoms with Gasteiger partial charge in [-0.05, 0) is 20.9 Å². The number of likely N-dealkylation sites (N-methyl/N-ethyl adjacent to an activating group) is 1. The highest BCUT2D eigenvalue weighted by Gasteiger charge is 2.32. The van der Waals surface area contributed by atoms with Crippen molar-refractivity contribution in [1.29, 1.82) is 0 Å². The molecule has 6 heteroatoms. The molecule has 0 amide bonds. The molecular weight excluding hydrogens is 218 g/mol. The molecule has 0 rings (SSSR count). The number of carbonyl (C=O) groups is 1. The van der Waals surface area contributed by atoms with Gasteiger partial charge in [-0.3, -0.25) is 9.69 Å². The highest BCUT2D eigenvalue weighted by molar-refractivity contribution is 7.91. The van der Waals surface area contributed by atoms with E-state index >= 15 is 0 Å². The molecule has 0 aliphatic carbocycles. The van der Waals surface area contributed by atoms with Crippen LogP contribution in [0.3, 0.4) is 0 Å². The van der Waals surface area contributed by atoms with Crippen LogP contribution in [0, 0.1) is 0 Å². The summed E-state index contributed by atoms with van der Waals surface area (Å²) in [6.07, 6.45) is 0. The smallest absolute Gasteiger partial charge is 0.323 e. The molecule has 90 valence electrons. The van der Waals surface area contributed by atoms with Crippen LogP contribution < -0.4 is 0 Å². The van der Waals surface area contributed by atoms with Gasteiger partial charge in [-0.25, -0.2) is 8.42 Å². The number of hydrogen-bond acceptors (Lipinski definition) is 4. The first-order valence-corrected chi connectivity index (χ1v) is 6.60. The van der Waals surface area contributed by atoms with E-state index in [9.17, 15) is 13.2 Å². The van der Waals surface area contributed by atoms with Crippen LogP contribution in [0.15, 0.2) is 0 Å². The summed E-state index contributed by atoms with van der Waals surface area (Å²) in [4.78, 5) is 12.4. The quantitative estimate of drug-likeness (QED) is 0.715. The van der Waals surface area contributed by atoms with Gasteiger partial charge in [0.15, 0.2) is 9.84 Å². The Morgan fingerprint density at radius 2 is 1.87 bits per heavy atom. The molecular formula is C9H19NO4S. The number of nitrogens with zero attached hydrogens (tertiary/aromatic N) is 1. The number of hydrogen-bond donors (Lipinski definition) is 1. The SMILES string of the molecule is CCS(=O)(=O)CCN(C)C(C)(C)C(=O)O. The fourth-order valence-corrected chi connectivity index (χ4v) is 1.70. The lowest BCUT2D eigenvalue weighted by Crippen LogP contribution is -2.49. The lowest BCUT2D eigenvalue weighted by atomic mass is 10.0. The molecule has 0 aromatic rings. The summed E-state index contributed by atoms with van der Waals surface area (Å²) in [7, 11) is -1.42. The van der Waals surface area contributed by atoms with E-state index in [1.165, 1.54) is 4.90 Å². The van der Waals surface area contributed by atoms with Gasteiger partial charge < -0.3 is 5.11 Å². The molecule has 5 nitrogen and oxygen atoms in total. The minimum Gasteiger partial charge on any atom is -0.480 e. The molecule has 0 atom stereocenters. The van der Waals surface area contributed by atoms with Crippen LogP contribution in [0.5, 0.6) is 0 Å². The Bertz CT molecular complexity index is 321. The standard InChI is InChI=1S/C9H19NO4S/c1-5-15(13,14)7-6-10(4)9(2,3)8(11)12/h5-7H2,1-4H3,(H,11,12). The third kappa shape index (κ3) is 4.17. The minimum absolute atomic E-state index is 0.00326. The summed E-state index contributed by atoms with van der Waals surface area (Å²) >= 11 is 0. The second-order valence-electron chi connectivity index (χ2n) is 4.02. The second kappa shape index (κ2) is 4.94. The summed E-state index contributed by atoms with van der Waals surface area (Å²) in [5.41, 5.74) is -1.04. The van der Waals surface area contributed by atoms with E-state index in [0.717, 1.165) is 0 Å². The molecule has 0 unspecified atom stereocenters. The van der Waals surface area contributed by atoms with Gasteiger partial charge in [-0.15, -0.1) is 0 Å². The minimum atomic E-state index is -3.04. The molecule has 0 aromatic heterocycles. The highest BCUT2D eigenvalue weighted by Crippen LogP contribution is 2.12. The van der Waals surface area contributed by atoms with Crippen molar-refractivity contribution in [2.24, 2.45) is 0 Å². The van der Waals surface area contributed by atoms with Gasteiger partial charge in [0.05, 0.1) is 5.75 Å². The van der Waals surface area contributed by atoms with Gasteiger partial charge in [-0.2, -0.15) is 0 Å². The Labute approximate surface area is 91.0 Å². The van der Waals surface area contributed by atoms with Gasteiger partial charge in [0, 0.05) is 12.3 Å². The van der Waals surface area contributed by atoms with E-state index in [0.29, 0.717) is 0 Å². The zero-order valence-corrected chi connectivity index (χ0v) is 10.5. The topological polar surface area (TPSA) is 74.7 Å². The van der Waals surface area contributed by atoms with E-state index in [4.69, 9.17) is 5.11 Å². The first-order chi connectivity index (χ1) is 6.63. The number of carboxylic acid groups (broad SMARTS) is 1. The molecule has 0 heterocycles. The summed E-state index contributed by atoms with van der Waals surface area (Å²) < 4.78 is 22.5. The molecule has 0 spiro atoms. The van der Waals surface area contributed by atoms with Crippen molar-refractivity contribution < 1.29 is 18.3 Å². The number of carboxylic acids is 1. The zero-order chi connectivity index (χ0) is 12.3. The van der Waals surface area contributed by atoms with Crippen molar-refractivity contribution in [1.82, 2.24) is 4.90 Å². The van der Waals surface area contributed by atoms with Crippen LogP contribution in [0.4, 0.5) is 0 Å². The Morgan fingerprint density at radius 1 is 1.40 bits per heavy atom. The molecule has 0 saturated carbocycles. The van der Waals surface area contributed by atoms with Crippen LogP contribution in [0.25, 0.3) is 0 Å². The summed E-state index contributed by atoms with van der Waals surface area (Å²) in [6, 6.07) is 0. The maximum atomic E-state index is 11.2. The van der Waals surface area contributed by atoms with Crippen LogP contribution in [0.2, 0.25) is 0 Å². The van der Waals surface area contributed by atoms with Gasteiger partial charge in [0.25, 0.3) is 0 Å². The van der Waals surface area contributed by atoms with Crippen molar-refractivity contribution in [3.05, 3.63) is 0 Å². The monoisotopic (exact) mass is 237 g/mol. The largest absolute Gasteiger partial charge is 0.480 e. The molecule has 15 heavy (non-hydrogen) atoms. The van der Waals surface area contributed by atoms with Gasteiger partial charge in [0.2, 0.25) is 0 Å². The average Bonchev–Trinajstić information content (AvgIpc) is 2.14. The predicted octanol–water partition coefficient (Wildman–Crippen LogP) is 0.216. The van der Waals surface area contributed by atoms with Gasteiger partial charge in [-0.1, -0.05) is 6.92 Å². The highest BCUT2D eigenvalue weighted by atomic mass is 32.2. The van der Waals surface area contributed by atoms with Crippen molar-refractivity contribution in [2.45, 2.75) is 26.3 Å².